The summed E-state index contributed by atoms with van der Waals surface area (Å²) in [6, 6.07) is 16.7. The highest BCUT2D eigenvalue weighted by molar-refractivity contribution is 6.30. The summed E-state index contributed by atoms with van der Waals surface area (Å²) >= 11 is 6.07. The van der Waals surface area contributed by atoms with Crippen LogP contribution >= 0.6 is 11.6 Å². The number of benzene rings is 3. The largest absolute Gasteiger partial charge is 0.496 e. The van der Waals surface area contributed by atoms with Gasteiger partial charge in [-0.2, -0.15) is 0 Å². The third-order valence-corrected chi connectivity index (χ3v) is 7.39. The summed E-state index contributed by atoms with van der Waals surface area (Å²) in [5.74, 6) is 0.147. The Morgan fingerprint density at radius 3 is 2.39 bits per heavy atom. The topological polar surface area (TPSA) is 48.5 Å². The number of imidazole rings is 1. The first-order valence-electron chi connectivity index (χ1n) is 12.4. The predicted molar refractivity (Wildman–Crippen MR) is 144 cm³/mol. The fourth-order valence-corrected chi connectivity index (χ4v) is 5.06. The first-order valence-corrected chi connectivity index (χ1v) is 12.7. The summed E-state index contributed by atoms with van der Waals surface area (Å²) in [6.07, 6.45) is 3.92. The van der Waals surface area contributed by atoms with Gasteiger partial charge in [0.2, 0.25) is 5.78 Å². The van der Waals surface area contributed by atoms with Gasteiger partial charge in [-0.15, -0.1) is 0 Å². The van der Waals surface area contributed by atoms with Gasteiger partial charge in [0.25, 0.3) is 5.56 Å². The third-order valence-electron chi connectivity index (χ3n) is 7.14. The number of rotatable bonds is 6. The SMILES string of the molecule is COc1cc(C2CC2)ccc1-c1nc2n(Cc3c(F)cccc3F)cc(-c3ccc(Cl)cc3)c(=O)n2c1C. The Morgan fingerprint density at radius 1 is 1.03 bits per heavy atom. The minimum atomic E-state index is -0.671. The van der Waals surface area contributed by atoms with E-state index in [1.54, 1.807) is 42.1 Å². The van der Waals surface area contributed by atoms with Gasteiger partial charge >= 0.3 is 0 Å². The van der Waals surface area contributed by atoms with Crippen LogP contribution < -0.4 is 10.3 Å². The first kappa shape index (κ1) is 24.4. The number of methoxy groups -OCH3 is 1. The van der Waals surface area contributed by atoms with E-state index in [4.69, 9.17) is 21.3 Å². The fraction of sp³-hybridized carbons (Fsp3) is 0.200. The van der Waals surface area contributed by atoms with Gasteiger partial charge in [0, 0.05) is 22.3 Å². The van der Waals surface area contributed by atoms with Crippen molar-refractivity contribution >= 4 is 17.4 Å². The Balaban J connectivity index is 1.60. The van der Waals surface area contributed by atoms with Crippen LogP contribution in [-0.4, -0.2) is 21.1 Å². The van der Waals surface area contributed by atoms with Crippen molar-refractivity contribution < 1.29 is 13.5 Å². The standard InChI is InChI=1S/C30H24ClF2N3O2/c1-17-28(22-13-10-20(18-6-7-18)14-27(22)38-2)34-30-35(16-24-25(32)4-3-5-26(24)33)15-23(29(37)36(17)30)19-8-11-21(31)12-9-19/h3-5,8-15,18H,6-7,16H2,1-2H3. The number of aromatic nitrogens is 3. The Kier molecular flexibility index (Phi) is 6.03. The van der Waals surface area contributed by atoms with Crippen molar-refractivity contribution in [3.63, 3.8) is 0 Å². The number of halogens is 3. The highest BCUT2D eigenvalue weighted by Gasteiger charge is 2.26. The molecule has 1 fully saturated rings. The van der Waals surface area contributed by atoms with Crippen molar-refractivity contribution in [2.45, 2.75) is 32.2 Å². The molecule has 2 aromatic heterocycles. The van der Waals surface area contributed by atoms with Crippen LogP contribution in [0.1, 0.15) is 35.6 Å². The Morgan fingerprint density at radius 2 is 1.74 bits per heavy atom. The zero-order valence-electron chi connectivity index (χ0n) is 20.8. The van der Waals surface area contributed by atoms with E-state index in [0.29, 0.717) is 39.2 Å². The first-order chi connectivity index (χ1) is 18.4. The second-order valence-corrected chi connectivity index (χ2v) is 10.0. The number of ether oxygens (including phenoxy) is 1. The maximum Gasteiger partial charge on any atom is 0.267 e. The van der Waals surface area contributed by atoms with Crippen LogP contribution in [-0.2, 0) is 6.54 Å². The number of aryl methyl sites for hydroxylation is 1. The van der Waals surface area contributed by atoms with Crippen LogP contribution in [0.15, 0.2) is 71.7 Å². The molecule has 1 aliphatic carbocycles. The number of nitrogens with zero attached hydrogens (tertiary/aromatic N) is 3. The quantitative estimate of drug-likeness (QED) is 0.237. The highest BCUT2D eigenvalue weighted by atomic mass is 35.5. The molecule has 0 amide bonds. The molecule has 0 radical (unpaired) electrons. The van der Waals surface area contributed by atoms with E-state index in [1.165, 1.54) is 28.2 Å². The molecule has 6 rings (SSSR count). The molecular weight excluding hydrogens is 508 g/mol. The van der Waals surface area contributed by atoms with E-state index in [2.05, 4.69) is 6.07 Å². The molecule has 1 saturated carbocycles. The van der Waals surface area contributed by atoms with Crippen molar-refractivity contribution in [3.8, 4) is 28.1 Å². The maximum absolute atomic E-state index is 14.7. The number of hydrogen-bond donors (Lipinski definition) is 0. The summed E-state index contributed by atoms with van der Waals surface area (Å²) in [5, 5.41) is 0.534. The summed E-state index contributed by atoms with van der Waals surface area (Å²) in [7, 11) is 1.61. The van der Waals surface area contributed by atoms with Gasteiger partial charge in [-0.1, -0.05) is 35.9 Å². The van der Waals surface area contributed by atoms with Gasteiger partial charge in [-0.05, 0) is 73.2 Å². The summed E-state index contributed by atoms with van der Waals surface area (Å²) in [4.78, 5) is 18.6. The molecule has 0 bridgehead atoms. The second kappa shape index (κ2) is 9.40. The van der Waals surface area contributed by atoms with E-state index >= 15 is 0 Å². The lowest BCUT2D eigenvalue weighted by Crippen LogP contribution is -2.21. The molecule has 0 atom stereocenters. The van der Waals surface area contributed by atoms with Crippen LogP contribution in [0.2, 0.25) is 5.02 Å². The molecule has 8 heteroatoms. The van der Waals surface area contributed by atoms with Gasteiger partial charge in [0.1, 0.15) is 17.4 Å². The Hall–Kier alpha value is -3.97. The lowest BCUT2D eigenvalue weighted by molar-refractivity contribution is 0.416. The van der Waals surface area contributed by atoms with E-state index in [-0.39, 0.29) is 23.4 Å². The molecule has 3 aromatic carbocycles. The number of hydrogen-bond acceptors (Lipinski definition) is 3. The average molecular weight is 532 g/mol. The van der Waals surface area contributed by atoms with E-state index in [1.807, 2.05) is 19.1 Å². The third kappa shape index (κ3) is 4.17. The lowest BCUT2D eigenvalue weighted by Gasteiger charge is -2.13. The summed E-state index contributed by atoms with van der Waals surface area (Å²) in [5.41, 5.74) is 3.70. The molecule has 0 saturated heterocycles. The molecule has 5 nitrogen and oxygen atoms in total. The normalized spacial score (nSPS) is 13.3. The fourth-order valence-electron chi connectivity index (χ4n) is 4.94. The van der Waals surface area contributed by atoms with Crippen LogP contribution in [0.5, 0.6) is 5.75 Å². The highest BCUT2D eigenvalue weighted by Crippen LogP contribution is 2.43. The van der Waals surface area contributed by atoms with Gasteiger partial charge in [-0.3, -0.25) is 4.79 Å². The van der Waals surface area contributed by atoms with Crippen molar-refractivity contribution in [1.29, 1.82) is 0 Å². The van der Waals surface area contributed by atoms with Crippen LogP contribution in [0.25, 0.3) is 28.2 Å². The number of fused-ring (bicyclic) bond motifs is 1. The van der Waals surface area contributed by atoms with Gasteiger partial charge in [0.15, 0.2) is 0 Å². The maximum atomic E-state index is 14.7. The molecule has 0 N–H and O–H groups in total. The molecule has 5 aromatic rings. The van der Waals surface area contributed by atoms with Crippen molar-refractivity contribution in [3.05, 3.63) is 111 Å². The minimum Gasteiger partial charge on any atom is -0.496 e. The molecule has 192 valence electrons. The Bertz CT molecular complexity index is 1730. The molecular formula is C30H24ClF2N3O2. The molecule has 2 heterocycles. The minimum absolute atomic E-state index is 0.117. The van der Waals surface area contributed by atoms with Gasteiger partial charge < -0.3 is 9.30 Å². The molecule has 38 heavy (non-hydrogen) atoms. The Labute approximate surface area is 222 Å². The van der Waals surface area contributed by atoms with Crippen molar-refractivity contribution in [2.24, 2.45) is 0 Å². The second-order valence-electron chi connectivity index (χ2n) is 9.60. The van der Waals surface area contributed by atoms with E-state index in [0.717, 1.165) is 18.4 Å². The zero-order chi connectivity index (χ0) is 26.6. The van der Waals surface area contributed by atoms with Crippen LogP contribution in [0.3, 0.4) is 0 Å². The van der Waals surface area contributed by atoms with Crippen molar-refractivity contribution in [1.82, 2.24) is 14.0 Å². The monoisotopic (exact) mass is 531 g/mol. The van der Waals surface area contributed by atoms with Crippen LogP contribution in [0, 0.1) is 18.6 Å². The molecule has 0 aliphatic heterocycles. The summed E-state index contributed by atoms with van der Waals surface area (Å²) in [6.45, 7) is 1.65. The van der Waals surface area contributed by atoms with Gasteiger partial charge in [-0.25, -0.2) is 18.2 Å². The zero-order valence-corrected chi connectivity index (χ0v) is 21.6. The van der Waals surface area contributed by atoms with Crippen LogP contribution in [0.4, 0.5) is 8.78 Å². The van der Waals surface area contributed by atoms with E-state index < -0.39 is 11.6 Å². The molecule has 0 unspecified atom stereocenters. The molecule has 0 spiro atoms. The average Bonchev–Trinajstić information content (AvgIpc) is 3.70. The van der Waals surface area contributed by atoms with Crippen molar-refractivity contribution in [2.75, 3.05) is 7.11 Å². The van der Waals surface area contributed by atoms with E-state index in [9.17, 15) is 13.6 Å². The lowest BCUT2D eigenvalue weighted by atomic mass is 10.0. The predicted octanol–water partition coefficient (Wildman–Crippen LogP) is 7.00. The summed E-state index contributed by atoms with van der Waals surface area (Å²) < 4.78 is 38.1. The van der Waals surface area contributed by atoms with Gasteiger partial charge in [0.05, 0.1) is 30.6 Å². The smallest absolute Gasteiger partial charge is 0.267 e. The molecule has 1 aliphatic rings.